The highest BCUT2D eigenvalue weighted by Gasteiger charge is 2.65. The van der Waals surface area contributed by atoms with Gasteiger partial charge in [-0.1, -0.05) is 25.5 Å². The first-order valence-electron chi connectivity index (χ1n) is 9.62. The van der Waals surface area contributed by atoms with Gasteiger partial charge in [-0.15, -0.1) is 0 Å². The number of carbonyl (C=O) groups is 1. The van der Waals surface area contributed by atoms with E-state index in [9.17, 15) is 4.79 Å². The molecule has 0 amide bonds. The molecule has 6 atom stereocenters. The number of carbonyl (C=O) groups excluding carboxylic acids is 1. The Hall–Kier alpha value is -0.790. The molecule has 23 heavy (non-hydrogen) atoms. The number of esters is 1. The predicted octanol–water partition coefficient (Wildman–Crippen LogP) is 5.13. The van der Waals surface area contributed by atoms with Crippen molar-refractivity contribution in [2.75, 3.05) is 7.11 Å². The standard InChI is InChI=1S/C21H32O2/c1-14-12-21-11-8-16-19(2,17(21)7-6-15(14)13-21)9-5-10-20(16,3)18(22)23-4/h15-17H,1,5-13H2,2-4H3/t15?,16-,17?,19+,20?,21+/m0/s1. The van der Waals surface area contributed by atoms with Gasteiger partial charge in [-0.2, -0.15) is 0 Å². The van der Waals surface area contributed by atoms with E-state index in [1.807, 2.05) is 0 Å². The summed E-state index contributed by atoms with van der Waals surface area (Å²) in [6, 6.07) is 0. The lowest BCUT2D eigenvalue weighted by Gasteiger charge is -2.63. The van der Waals surface area contributed by atoms with E-state index in [0.29, 0.717) is 16.7 Å². The highest BCUT2D eigenvalue weighted by atomic mass is 16.5. The molecular formula is C21H32O2. The van der Waals surface area contributed by atoms with Gasteiger partial charge in [0.15, 0.2) is 0 Å². The number of hydrogen-bond donors (Lipinski definition) is 0. The number of ether oxygens (including phenoxy) is 1. The molecule has 1 spiro atoms. The Balaban J connectivity index is 1.73. The third-order valence-electron chi connectivity index (χ3n) is 8.71. The maximum Gasteiger partial charge on any atom is 0.311 e. The SMILES string of the molecule is C=C1C[C@@]23CC[C@@H]4C(C)(C(=O)OC)CCC[C@@]4(C)C2CCC1C3. The summed E-state index contributed by atoms with van der Waals surface area (Å²) < 4.78 is 5.25. The second kappa shape index (κ2) is 4.86. The topological polar surface area (TPSA) is 26.3 Å². The van der Waals surface area contributed by atoms with Crippen LogP contribution in [0, 0.1) is 34.0 Å². The van der Waals surface area contributed by atoms with Crippen LogP contribution < -0.4 is 0 Å². The van der Waals surface area contributed by atoms with Gasteiger partial charge in [0.1, 0.15) is 0 Å². The molecule has 0 saturated heterocycles. The van der Waals surface area contributed by atoms with E-state index < -0.39 is 0 Å². The summed E-state index contributed by atoms with van der Waals surface area (Å²) in [5.74, 6) is 2.11. The lowest BCUT2D eigenvalue weighted by atomic mass is 9.41. The van der Waals surface area contributed by atoms with Crippen LogP contribution in [0.5, 0.6) is 0 Å². The Morgan fingerprint density at radius 2 is 1.91 bits per heavy atom. The molecule has 4 rings (SSSR count). The molecule has 0 aromatic rings. The highest BCUT2D eigenvalue weighted by Crippen LogP contribution is 2.72. The average Bonchev–Trinajstić information content (AvgIpc) is 2.75. The van der Waals surface area contributed by atoms with Crippen LogP contribution >= 0.6 is 0 Å². The molecule has 4 fully saturated rings. The summed E-state index contributed by atoms with van der Waals surface area (Å²) in [6.45, 7) is 9.12. The van der Waals surface area contributed by atoms with E-state index in [2.05, 4.69) is 20.4 Å². The first-order valence-corrected chi connectivity index (χ1v) is 9.62. The molecule has 4 aliphatic carbocycles. The largest absolute Gasteiger partial charge is 0.469 e. The summed E-state index contributed by atoms with van der Waals surface area (Å²) in [5, 5.41) is 0. The first kappa shape index (κ1) is 15.7. The average molecular weight is 316 g/mol. The zero-order chi connectivity index (χ0) is 16.5. The quantitative estimate of drug-likeness (QED) is 0.495. The van der Waals surface area contributed by atoms with Crippen molar-refractivity contribution in [3.8, 4) is 0 Å². The van der Waals surface area contributed by atoms with Crippen molar-refractivity contribution in [2.24, 2.45) is 34.0 Å². The molecule has 2 heteroatoms. The maximum atomic E-state index is 12.6. The van der Waals surface area contributed by atoms with Crippen molar-refractivity contribution in [3.05, 3.63) is 12.2 Å². The predicted molar refractivity (Wildman–Crippen MR) is 91.8 cm³/mol. The van der Waals surface area contributed by atoms with Gasteiger partial charge < -0.3 is 4.74 Å². The van der Waals surface area contributed by atoms with Crippen molar-refractivity contribution in [3.63, 3.8) is 0 Å². The Morgan fingerprint density at radius 3 is 2.65 bits per heavy atom. The second-order valence-electron chi connectivity index (χ2n) is 9.59. The van der Waals surface area contributed by atoms with Crippen molar-refractivity contribution in [1.82, 2.24) is 0 Å². The van der Waals surface area contributed by atoms with Crippen LogP contribution in [0.2, 0.25) is 0 Å². The molecule has 4 aliphatic rings. The summed E-state index contributed by atoms with van der Waals surface area (Å²) in [4.78, 5) is 12.6. The normalized spacial score (nSPS) is 51.8. The van der Waals surface area contributed by atoms with E-state index >= 15 is 0 Å². The van der Waals surface area contributed by atoms with Gasteiger partial charge in [-0.3, -0.25) is 4.79 Å². The molecule has 0 radical (unpaired) electrons. The van der Waals surface area contributed by atoms with E-state index in [0.717, 1.165) is 18.3 Å². The molecule has 3 unspecified atom stereocenters. The molecular weight excluding hydrogens is 284 g/mol. The molecule has 2 nitrogen and oxygen atoms in total. The van der Waals surface area contributed by atoms with Crippen molar-refractivity contribution in [2.45, 2.75) is 71.6 Å². The Bertz CT molecular complexity index is 552. The zero-order valence-electron chi connectivity index (χ0n) is 15.1. The van der Waals surface area contributed by atoms with Gasteiger partial charge in [0.05, 0.1) is 12.5 Å². The van der Waals surface area contributed by atoms with Crippen molar-refractivity contribution >= 4 is 5.97 Å². The Morgan fingerprint density at radius 1 is 1.13 bits per heavy atom. The molecule has 0 heterocycles. The van der Waals surface area contributed by atoms with Crippen molar-refractivity contribution in [1.29, 1.82) is 0 Å². The fourth-order valence-electron chi connectivity index (χ4n) is 7.83. The van der Waals surface area contributed by atoms with Gasteiger partial charge in [0, 0.05) is 0 Å². The third kappa shape index (κ3) is 1.90. The number of hydrogen-bond acceptors (Lipinski definition) is 2. The highest BCUT2D eigenvalue weighted by molar-refractivity contribution is 5.77. The van der Waals surface area contributed by atoms with Crippen LogP contribution in [0.15, 0.2) is 12.2 Å². The maximum absolute atomic E-state index is 12.6. The van der Waals surface area contributed by atoms with Gasteiger partial charge in [-0.05, 0) is 86.9 Å². The third-order valence-corrected chi connectivity index (χ3v) is 8.71. The lowest BCUT2D eigenvalue weighted by molar-refractivity contribution is -0.183. The Kier molecular flexibility index (Phi) is 3.32. The smallest absolute Gasteiger partial charge is 0.311 e. The van der Waals surface area contributed by atoms with Crippen LogP contribution in [0.25, 0.3) is 0 Å². The summed E-state index contributed by atoms with van der Waals surface area (Å²) in [6.07, 6.45) is 11.3. The van der Waals surface area contributed by atoms with E-state index in [1.54, 1.807) is 7.11 Å². The molecule has 128 valence electrons. The van der Waals surface area contributed by atoms with Crippen LogP contribution in [-0.4, -0.2) is 13.1 Å². The zero-order valence-corrected chi connectivity index (χ0v) is 15.1. The van der Waals surface area contributed by atoms with Gasteiger partial charge >= 0.3 is 5.97 Å². The fourth-order valence-corrected chi connectivity index (χ4v) is 7.83. The summed E-state index contributed by atoms with van der Waals surface area (Å²) >= 11 is 0. The minimum absolute atomic E-state index is 0.0360. The first-order chi connectivity index (χ1) is 10.9. The van der Waals surface area contributed by atoms with E-state index in [4.69, 9.17) is 4.74 Å². The van der Waals surface area contributed by atoms with Crippen LogP contribution in [0.1, 0.15) is 71.6 Å². The van der Waals surface area contributed by atoms with Gasteiger partial charge in [-0.25, -0.2) is 0 Å². The number of allylic oxidation sites excluding steroid dienone is 1. The molecule has 0 aromatic heterocycles. The number of fused-ring (bicyclic) bond motifs is 3. The lowest BCUT2D eigenvalue weighted by Crippen LogP contribution is -2.58. The molecule has 0 aromatic carbocycles. The van der Waals surface area contributed by atoms with E-state index in [1.165, 1.54) is 56.9 Å². The fraction of sp³-hybridized carbons (Fsp3) is 0.857. The molecule has 0 N–H and O–H groups in total. The minimum atomic E-state index is -0.268. The van der Waals surface area contributed by atoms with E-state index in [-0.39, 0.29) is 11.4 Å². The second-order valence-corrected chi connectivity index (χ2v) is 9.59. The van der Waals surface area contributed by atoms with Crippen molar-refractivity contribution < 1.29 is 9.53 Å². The summed E-state index contributed by atoms with van der Waals surface area (Å²) in [7, 11) is 1.57. The van der Waals surface area contributed by atoms with Crippen LogP contribution in [0.3, 0.4) is 0 Å². The monoisotopic (exact) mass is 316 g/mol. The Labute approximate surface area is 141 Å². The molecule has 0 aliphatic heterocycles. The number of rotatable bonds is 1. The van der Waals surface area contributed by atoms with Crippen LogP contribution in [-0.2, 0) is 9.53 Å². The number of methoxy groups -OCH3 is 1. The molecule has 2 bridgehead atoms. The van der Waals surface area contributed by atoms with Crippen LogP contribution in [0.4, 0.5) is 0 Å². The van der Waals surface area contributed by atoms with Gasteiger partial charge in [0.2, 0.25) is 0 Å². The van der Waals surface area contributed by atoms with Gasteiger partial charge in [0.25, 0.3) is 0 Å². The summed E-state index contributed by atoms with van der Waals surface area (Å²) in [5.41, 5.74) is 2.09. The molecule has 4 saturated carbocycles. The minimum Gasteiger partial charge on any atom is -0.469 e.